The summed E-state index contributed by atoms with van der Waals surface area (Å²) in [6.07, 6.45) is 0. The first kappa shape index (κ1) is 12.0. The molecule has 0 atom stereocenters. The van der Waals surface area contributed by atoms with E-state index in [0.717, 1.165) is 9.80 Å². The summed E-state index contributed by atoms with van der Waals surface area (Å²) in [6, 6.07) is 0. The Morgan fingerprint density at radius 2 is 1.25 bits per heavy atom. The van der Waals surface area contributed by atoms with Gasteiger partial charge in [-0.3, -0.25) is 19.2 Å². The van der Waals surface area contributed by atoms with Crippen molar-refractivity contribution in [2.24, 2.45) is 0 Å². The Kier molecular flexibility index (Phi) is 3.44. The van der Waals surface area contributed by atoms with Gasteiger partial charge in [-0.1, -0.05) is 0 Å². The molecule has 0 aliphatic carbocycles. The van der Waals surface area contributed by atoms with Crippen LogP contribution in [0.1, 0.15) is 0 Å². The second kappa shape index (κ2) is 4.60. The largest absolute Gasteiger partial charge is 0.480 e. The fourth-order valence-electron chi connectivity index (χ4n) is 1.34. The highest BCUT2D eigenvalue weighted by molar-refractivity contribution is 6.35. The summed E-state index contributed by atoms with van der Waals surface area (Å²) in [7, 11) is 0. The van der Waals surface area contributed by atoms with Crippen LogP contribution in [0.3, 0.4) is 0 Å². The lowest BCUT2D eigenvalue weighted by atomic mass is 10.3. The summed E-state index contributed by atoms with van der Waals surface area (Å²) in [5, 5.41) is 16.9. The fraction of sp³-hybridized carbons (Fsp3) is 0.500. The Morgan fingerprint density at radius 1 is 0.938 bits per heavy atom. The smallest absolute Gasteiger partial charge is 0.323 e. The minimum atomic E-state index is -1.21. The van der Waals surface area contributed by atoms with E-state index in [1.807, 2.05) is 0 Å². The third-order valence-electron chi connectivity index (χ3n) is 2.05. The summed E-state index contributed by atoms with van der Waals surface area (Å²) >= 11 is 0. The van der Waals surface area contributed by atoms with E-state index in [1.54, 1.807) is 0 Å². The molecule has 2 amide bonds. The van der Waals surface area contributed by atoms with Crippen LogP contribution in [-0.2, 0) is 19.2 Å². The molecule has 0 aromatic heterocycles. The van der Waals surface area contributed by atoms with Crippen molar-refractivity contribution in [3.8, 4) is 0 Å². The topological polar surface area (TPSA) is 115 Å². The molecule has 8 heteroatoms. The van der Waals surface area contributed by atoms with Crippen molar-refractivity contribution in [3.05, 3.63) is 0 Å². The van der Waals surface area contributed by atoms with Crippen LogP contribution >= 0.6 is 0 Å². The van der Waals surface area contributed by atoms with Gasteiger partial charge in [-0.2, -0.15) is 0 Å². The molecule has 1 rings (SSSR count). The Bertz CT molecular complexity index is 318. The number of amides is 2. The predicted molar refractivity (Wildman–Crippen MR) is 48.4 cm³/mol. The van der Waals surface area contributed by atoms with Gasteiger partial charge in [-0.05, 0) is 0 Å². The van der Waals surface area contributed by atoms with Crippen molar-refractivity contribution in [2.75, 3.05) is 26.2 Å². The molecule has 1 fully saturated rings. The molecule has 0 aromatic carbocycles. The number of carboxylic acid groups (broad SMARTS) is 2. The third kappa shape index (κ3) is 2.69. The zero-order valence-corrected chi connectivity index (χ0v) is 8.25. The number of carbonyl (C=O) groups is 4. The molecule has 8 nitrogen and oxygen atoms in total. The van der Waals surface area contributed by atoms with E-state index < -0.39 is 36.8 Å². The van der Waals surface area contributed by atoms with Gasteiger partial charge in [-0.25, -0.2) is 0 Å². The second-order valence-corrected chi connectivity index (χ2v) is 3.24. The monoisotopic (exact) mass is 230 g/mol. The van der Waals surface area contributed by atoms with Crippen LogP contribution in [0.25, 0.3) is 0 Å². The highest BCUT2D eigenvalue weighted by Gasteiger charge is 2.34. The maximum atomic E-state index is 11.3. The minimum Gasteiger partial charge on any atom is -0.480 e. The minimum absolute atomic E-state index is 0.0319. The molecular formula is C8H10N2O6. The molecule has 0 unspecified atom stereocenters. The number of carbonyl (C=O) groups excluding carboxylic acids is 2. The summed E-state index contributed by atoms with van der Waals surface area (Å²) < 4.78 is 0. The van der Waals surface area contributed by atoms with Crippen molar-refractivity contribution in [1.82, 2.24) is 9.80 Å². The normalized spacial score (nSPS) is 16.5. The molecule has 0 saturated carbocycles. The van der Waals surface area contributed by atoms with Gasteiger partial charge in [0, 0.05) is 13.1 Å². The standard InChI is InChI=1S/C8H10N2O6/c11-5(12)3-9-1-2-10(4-6(13)14)8(16)7(9)15/h1-4H2,(H,11,12)(H,13,14). The van der Waals surface area contributed by atoms with Crippen LogP contribution in [0.5, 0.6) is 0 Å². The summed E-state index contributed by atoms with van der Waals surface area (Å²) in [5.74, 6) is -4.38. The Hall–Kier alpha value is -2.12. The number of rotatable bonds is 4. The molecule has 16 heavy (non-hydrogen) atoms. The molecule has 0 radical (unpaired) electrons. The van der Waals surface area contributed by atoms with E-state index in [-0.39, 0.29) is 13.1 Å². The SMILES string of the molecule is O=C(O)CN1CCN(CC(=O)O)C(=O)C1=O. The van der Waals surface area contributed by atoms with Crippen LogP contribution in [0.4, 0.5) is 0 Å². The molecule has 1 aliphatic heterocycles. The number of hydrogen-bond acceptors (Lipinski definition) is 4. The second-order valence-electron chi connectivity index (χ2n) is 3.24. The van der Waals surface area contributed by atoms with E-state index in [1.165, 1.54) is 0 Å². The van der Waals surface area contributed by atoms with Crippen molar-refractivity contribution in [2.45, 2.75) is 0 Å². The molecule has 1 saturated heterocycles. The number of hydrogen-bond donors (Lipinski definition) is 2. The van der Waals surface area contributed by atoms with Crippen LogP contribution in [0.2, 0.25) is 0 Å². The van der Waals surface area contributed by atoms with E-state index in [9.17, 15) is 19.2 Å². The summed E-state index contributed by atoms with van der Waals surface area (Å²) in [4.78, 5) is 45.2. The van der Waals surface area contributed by atoms with E-state index in [0.29, 0.717) is 0 Å². The van der Waals surface area contributed by atoms with Crippen molar-refractivity contribution in [3.63, 3.8) is 0 Å². The first-order valence-electron chi connectivity index (χ1n) is 4.43. The van der Waals surface area contributed by atoms with Crippen LogP contribution in [-0.4, -0.2) is 69.9 Å². The fourth-order valence-corrected chi connectivity index (χ4v) is 1.34. The van der Waals surface area contributed by atoms with Crippen molar-refractivity contribution < 1.29 is 29.4 Å². The van der Waals surface area contributed by atoms with E-state index in [4.69, 9.17) is 10.2 Å². The maximum Gasteiger partial charge on any atom is 0.323 e. The van der Waals surface area contributed by atoms with Crippen molar-refractivity contribution >= 4 is 23.8 Å². The highest BCUT2D eigenvalue weighted by Crippen LogP contribution is 2.04. The molecule has 1 aliphatic rings. The number of carboxylic acids is 2. The van der Waals surface area contributed by atoms with Crippen molar-refractivity contribution in [1.29, 1.82) is 0 Å². The van der Waals surface area contributed by atoms with Gasteiger partial charge in [0.05, 0.1) is 0 Å². The Balaban J connectivity index is 2.65. The lowest BCUT2D eigenvalue weighted by Gasteiger charge is -2.31. The Labute approximate surface area is 90.0 Å². The first-order valence-corrected chi connectivity index (χ1v) is 4.43. The molecule has 1 heterocycles. The van der Waals surface area contributed by atoms with Gasteiger partial charge >= 0.3 is 23.8 Å². The van der Waals surface area contributed by atoms with Gasteiger partial charge in [0.2, 0.25) is 0 Å². The Morgan fingerprint density at radius 3 is 1.50 bits per heavy atom. The quantitative estimate of drug-likeness (QED) is 0.531. The molecule has 2 N–H and O–H groups in total. The van der Waals surface area contributed by atoms with Gasteiger partial charge in [0.1, 0.15) is 13.1 Å². The van der Waals surface area contributed by atoms with E-state index in [2.05, 4.69) is 0 Å². The summed E-state index contributed by atoms with van der Waals surface area (Å²) in [5.41, 5.74) is 0. The van der Waals surface area contributed by atoms with Gasteiger partial charge in [0.25, 0.3) is 0 Å². The first-order chi connectivity index (χ1) is 7.41. The highest BCUT2D eigenvalue weighted by atomic mass is 16.4. The lowest BCUT2D eigenvalue weighted by molar-refractivity contribution is -0.160. The van der Waals surface area contributed by atoms with E-state index >= 15 is 0 Å². The number of piperazine rings is 1. The molecule has 0 bridgehead atoms. The average molecular weight is 230 g/mol. The van der Waals surface area contributed by atoms with Crippen LogP contribution in [0, 0.1) is 0 Å². The molecule has 0 spiro atoms. The van der Waals surface area contributed by atoms with Crippen LogP contribution in [0.15, 0.2) is 0 Å². The lowest BCUT2D eigenvalue weighted by Crippen LogP contribution is -2.56. The van der Waals surface area contributed by atoms with Gasteiger partial charge < -0.3 is 20.0 Å². The molecule has 88 valence electrons. The van der Waals surface area contributed by atoms with Crippen LogP contribution < -0.4 is 0 Å². The average Bonchev–Trinajstić information content (AvgIpc) is 2.16. The number of aliphatic carboxylic acids is 2. The maximum absolute atomic E-state index is 11.3. The molecule has 0 aromatic rings. The predicted octanol–water partition coefficient (Wildman–Crippen LogP) is -2.17. The zero-order chi connectivity index (χ0) is 12.3. The van der Waals surface area contributed by atoms with Gasteiger partial charge in [0.15, 0.2) is 0 Å². The molecular weight excluding hydrogens is 220 g/mol. The summed E-state index contributed by atoms with van der Waals surface area (Å²) in [6.45, 7) is -1.04. The third-order valence-corrected chi connectivity index (χ3v) is 2.05. The van der Waals surface area contributed by atoms with Gasteiger partial charge in [-0.15, -0.1) is 0 Å². The number of nitrogens with zero attached hydrogens (tertiary/aromatic N) is 2. The zero-order valence-electron chi connectivity index (χ0n) is 8.25.